The summed E-state index contributed by atoms with van der Waals surface area (Å²) in [5.41, 5.74) is 0.414. The highest BCUT2D eigenvalue weighted by molar-refractivity contribution is 5.89. The van der Waals surface area contributed by atoms with Crippen LogP contribution in [0.25, 0.3) is 0 Å². The molecule has 1 aliphatic rings. The van der Waals surface area contributed by atoms with Crippen molar-refractivity contribution < 1.29 is 14.3 Å². The van der Waals surface area contributed by atoms with Crippen molar-refractivity contribution in [3.05, 3.63) is 48.3 Å². The number of nitrogens with one attached hydrogen (secondary N) is 1. The lowest BCUT2D eigenvalue weighted by atomic mass is 9.73. The number of carbonyl (C=O) groups is 2. The van der Waals surface area contributed by atoms with E-state index in [4.69, 9.17) is 4.74 Å². The van der Waals surface area contributed by atoms with Gasteiger partial charge >= 0.3 is 0 Å². The fraction of sp³-hybridized carbons (Fsp3) is 0.476. The molecule has 1 N–H and O–H groups in total. The van der Waals surface area contributed by atoms with E-state index in [2.05, 4.69) is 10.4 Å². The van der Waals surface area contributed by atoms with Gasteiger partial charge in [-0.1, -0.05) is 19.1 Å². The van der Waals surface area contributed by atoms with E-state index in [-0.39, 0.29) is 17.9 Å². The highest BCUT2D eigenvalue weighted by Crippen LogP contribution is 2.37. The molecule has 1 aromatic heterocycles. The largest absolute Gasteiger partial charge is 0.497 e. The normalized spacial score (nSPS) is 16.2. The molecule has 1 saturated heterocycles. The lowest BCUT2D eigenvalue weighted by Gasteiger charge is -2.49. The van der Waals surface area contributed by atoms with Crippen molar-refractivity contribution in [1.29, 1.82) is 0 Å². The third kappa shape index (κ3) is 3.88. The first kappa shape index (κ1) is 19.9. The molecule has 1 unspecified atom stereocenters. The van der Waals surface area contributed by atoms with E-state index in [1.54, 1.807) is 29.1 Å². The Bertz CT molecular complexity index is 813. The van der Waals surface area contributed by atoms with Gasteiger partial charge in [-0.05, 0) is 43.5 Å². The molecule has 150 valence electrons. The Morgan fingerprint density at radius 1 is 1.29 bits per heavy atom. The summed E-state index contributed by atoms with van der Waals surface area (Å²) < 4.78 is 6.99. The molecule has 0 saturated carbocycles. The van der Waals surface area contributed by atoms with Crippen molar-refractivity contribution in [3.8, 4) is 5.75 Å². The SMILES string of the molecule is CCNC(=O)C1(Cc2cccc(OC)c2)CN(C(=O)C(CC)n2cccn2)C1. The molecular formula is C21H28N4O3. The van der Waals surface area contributed by atoms with Gasteiger partial charge in [-0.3, -0.25) is 14.3 Å². The standard InChI is InChI=1S/C21H28N4O3/c1-4-18(25-11-7-10-23-25)19(26)24-14-21(15-24,20(27)22-5-2)13-16-8-6-9-17(12-16)28-3/h6-12,18H,4-5,13-15H2,1-3H3,(H,22,27). The predicted molar refractivity (Wildman–Crippen MR) is 106 cm³/mol. The fourth-order valence-corrected chi connectivity index (χ4v) is 3.85. The second kappa shape index (κ2) is 8.46. The number of benzene rings is 1. The van der Waals surface area contributed by atoms with Gasteiger partial charge in [0.05, 0.1) is 12.5 Å². The first-order valence-corrected chi connectivity index (χ1v) is 9.72. The zero-order chi connectivity index (χ0) is 20.1. The maximum Gasteiger partial charge on any atom is 0.247 e. The molecule has 2 heterocycles. The molecule has 2 aromatic rings. The second-order valence-electron chi connectivity index (χ2n) is 7.27. The number of likely N-dealkylation sites (tertiary alicyclic amines) is 1. The van der Waals surface area contributed by atoms with E-state index in [0.717, 1.165) is 11.3 Å². The molecule has 7 nitrogen and oxygen atoms in total. The number of hydrogen-bond acceptors (Lipinski definition) is 4. The molecule has 1 atom stereocenters. The van der Waals surface area contributed by atoms with Gasteiger partial charge in [0.25, 0.3) is 0 Å². The maximum atomic E-state index is 13.0. The van der Waals surface area contributed by atoms with E-state index in [1.807, 2.05) is 44.2 Å². The Labute approximate surface area is 165 Å². The van der Waals surface area contributed by atoms with Gasteiger partial charge in [0.2, 0.25) is 11.8 Å². The quantitative estimate of drug-likeness (QED) is 0.756. The average molecular weight is 384 g/mol. The van der Waals surface area contributed by atoms with Gasteiger partial charge in [-0.25, -0.2) is 0 Å². The number of methoxy groups -OCH3 is 1. The van der Waals surface area contributed by atoms with Crippen LogP contribution in [0.1, 0.15) is 31.9 Å². The summed E-state index contributed by atoms with van der Waals surface area (Å²) in [6.45, 7) is 5.26. The summed E-state index contributed by atoms with van der Waals surface area (Å²) in [4.78, 5) is 27.6. The number of hydrogen-bond donors (Lipinski definition) is 1. The molecule has 7 heteroatoms. The minimum atomic E-state index is -0.611. The Balaban J connectivity index is 1.76. The Hall–Kier alpha value is -2.83. The molecule has 28 heavy (non-hydrogen) atoms. The van der Waals surface area contributed by atoms with Gasteiger partial charge in [0, 0.05) is 32.0 Å². The van der Waals surface area contributed by atoms with E-state index in [0.29, 0.717) is 32.5 Å². The average Bonchev–Trinajstić information content (AvgIpc) is 3.19. The number of nitrogens with zero attached hydrogens (tertiary/aromatic N) is 3. The highest BCUT2D eigenvalue weighted by Gasteiger charge is 2.51. The molecule has 0 spiro atoms. The summed E-state index contributed by atoms with van der Waals surface area (Å²) in [6.07, 6.45) is 4.70. The lowest BCUT2D eigenvalue weighted by molar-refractivity contribution is -0.156. The monoisotopic (exact) mass is 384 g/mol. The van der Waals surface area contributed by atoms with Gasteiger partial charge in [0.1, 0.15) is 11.8 Å². The molecule has 0 radical (unpaired) electrons. The third-order valence-electron chi connectivity index (χ3n) is 5.31. The summed E-state index contributed by atoms with van der Waals surface area (Å²) in [5.74, 6) is 0.770. The maximum absolute atomic E-state index is 13.0. The summed E-state index contributed by atoms with van der Waals surface area (Å²) in [6, 6.07) is 9.23. The van der Waals surface area contributed by atoms with E-state index in [1.165, 1.54) is 0 Å². The Morgan fingerprint density at radius 3 is 2.68 bits per heavy atom. The van der Waals surface area contributed by atoms with Crippen molar-refractivity contribution in [2.45, 2.75) is 32.7 Å². The number of aromatic nitrogens is 2. The first-order chi connectivity index (χ1) is 13.5. The zero-order valence-electron chi connectivity index (χ0n) is 16.7. The smallest absolute Gasteiger partial charge is 0.247 e. The van der Waals surface area contributed by atoms with Crippen molar-refractivity contribution in [1.82, 2.24) is 20.0 Å². The lowest BCUT2D eigenvalue weighted by Crippen LogP contribution is -2.66. The third-order valence-corrected chi connectivity index (χ3v) is 5.31. The van der Waals surface area contributed by atoms with E-state index in [9.17, 15) is 9.59 Å². The molecule has 2 amide bonds. The van der Waals surface area contributed by atoms with Gasteiger partial charge in [-0.15, -0.1) is 0 Å². The summed E-state index contributed by atoms with van der Waals surface area (Å²) in [5, 5.41) is 7.15. The topological polar surface area (TPSA) is 76.5 Å². The van der Waals surface area contributed by atoms with Gasteiger partial charge < -0.3 is 15.0 Å². The van der Waals surface area contributed by atoms with Crippen LogP contribution in [0, 0.1) is 5.41 Å². The van der Waals surface area contributed by atoms with E-state index < -0.39 is 5.41 Å². The number of rotatable bonds is 8. The van der Waals surface area contributed by atoms with Gasteiger partial charge in [-0.2, -0.15) is 5.10 Å². The predicted octanol–water partition coefficient (Wildman–Crippen LogP) is 2.05. The van der Waals surface area contributed by atoms with Crippen molar-refractivity contribution >= 4 is 11.8 Å². The number of amides is 2. The van der Waals surface area contributed by atoms with Crippen LogP contribution in [-0.4, -0.2) is 53.2 Å². The molecule has 1 fully saturated rings. The molecule has 0 aliphatic carbocycles. The number of carbonyl (C=O) groups excluding carboxylic acids is 2. The zero-order valence-corrected chi connectivity index (χ0v) is 16.7. The minimum absolute atomic E-state index is 0.00555. The van der Waals surface area contributed by atoms with Crippen LogP contribution in [0.2, 0.25) is 0 Å². The van der Waals surface area contributed by atoms with Crippen molar-refractivity contribution in [2.75, 3.05) is 26.7 Å². The summed E-state index contributed by atoms with van der Waals surface area (Å²) in [7, 11) is 1.63. The van der Waals surface area contributed by atoms with E-state index >= 15 is 0 Å². The first-order valence-electron chi connectivity index (χ1n) is 9.72. The molecular weight excluding hydrogens is 356 g/mol. The van der Waals surface area contributed by atoms with Gasteiger partial charge in [0.15, 0.2) is 0 Å². The van der Waals surface area contributed by atoms with Crippen LogP contribution in [0.3, 0.4) is 0 Å². The van der Waals surface area contributed by atoms with Crippen LogP contribution < -0.4 is 10.1 Å². The Kier molecular flexibility index (Phi) is 6.02. The fourth-order valence-electron chi connectivity index (χ4n) is 3.85. The summed E-state index contributed by atoms with van der Waals surface area (Å²) >= 11 is 0. The van der Waals surface area contributed by atoms with Crippen molar-refractivity contribution in [2.24, 2.45) is 5.41 Å². The minimum Gasteiger partial charge on any atom is -0.497 e. The molecule has 0 bridgehead atoms. The van der Waals surface area contributed by atoms with Crippen LogP contribution in [0.15, 0.2) is 42.7 Å². The highest BCUT2D eigenvalue weighted by atomic mass is 16.5. The second-order valence-corrected chi connectivity index (χ2v) is 7.27. The molecule has 3 rings (SSSR count). The molecule has 1 aromatic carbocycles. The van der Waals surface area contributed by atoms with Crippen molar-refractivity contribution in [3.63, 3.8) is 0 Å². The number of ether oxygens (including phenoxy) is 1. The Morgan fingerprint density at radius 2 is 2.07 bits per heavy atom. The van der Waals surface area contributed by atoms with Crippen LogP contribution in [0.4, 0.5) is 0 Å². The van der Waals surface area contributed by atoms with Crippen LogP contribution in [-0.2, 0) is 16.0 Å². The van der Waals surface area contributed by atoms with Crippen LogP contribution >= 0.6 is 0 Å². The van der Waals surface area contributed by atoms with Crippen LogP contribution in [0.5, 0.6) is 5.75 Å². The molecule has 1 aliphatic heterocycles.